The number of hydrogen-bond acceptors (Lipinski definition) is 1. The van der Waals surface area contributed by atoms with Crippen molar-refractivity contribution in [1.82, 2.24) is 4.98 Å². The standard InChI is InChI=1S/C25H29N/c1-17-11-21(14-23(12-17)25(2,3)4)24-15-20-10-9-19(13-22(20)16-26-24)18-7-5-6-8-18/h9-16,18H,5-8H2,1-4H3. The molecule has 0 unspecified atom stereocenters. The molecule has 26 heavy (non-hydrogen) atoms. The summed E-state index contributed by atoms with van der Waals surface area (Å²) in [6, 6.07) is 16.1. The molecule has 134 valence electrons. The van der Waals surface area contributed by atoms with Crippen molar-refractivity contribution in [3.63, 3.8) is 0 Å². The van der Waals surface area contributed by atoms with Crippen molar-refractivity contribution in [2.24, 2.45) is 0 Å². The fraction of sp³-hybridized carbons (Fsp3) is 0.400. The molecule has 0 bridgehead atoms. The fourth-order valence-corrected chi connectivity index (χ4v) is 4.20. The summed E-state index contributed by atoms with van der Waals surface area (Å²) in [7, 11) is 0. The van der Waals surface area contributed by atoms with Gasteiger partial charge in [-0.05, 0) is 71.9 Å². The van der Waals surface area contributed by atoms with E-state index >= 15 is 0 Å². The number of pyridine rings is 1. The van der Waals surface area contributed by atoms with Gasteiger partial charge in [-0.15, -0.1) is 0 Å². The Morgan fingerprint density at radius 2 is 1.65 bits per heavy atom. The van der Waals surface area contributed by atoms with Crippen LogP contribution in [0.1, 0.15) is 69.1 Å². The van der Waals surface area contributed by atoms with E-state index in [2.05, 4.69) is 76.4 Å². The zero-order valence-corrected chi connectivity index (χ0v) is 16.5. The van der Waals surface area contributed by atoms with Crippen molar-refractivity contribution in [2.45, 2.75) is 64.7 Å². The van der Waals surface area contributed by atoms with Gasteiger partial charge in [0, 0.05) is 17.1 Å². The molecule has 1 saturated carbocycles. The summed E-state index contributed by atoms with van der Waals surface area (Å²) < 4.78 is 0. The highest BCUT2D eigenvalue weighted by Gasteiger charge is 2.18. The Hall–Kier alpha value is -2.15. The molecule has 0 radical (unpaired) electrons. The molecule has 1 heteroatoms. The Kier molecular flexibility index (Phi) is 4.34. The largest absolute Gasteiger partial charge is 0.256 e. The maximum atomic E-state index is 4.81. The van der Waals surface area contributed by atoms with Crippen LogP contribution in [0.2, 0.25) is 0 Å². The molecular formula is C25H29N. The minimum Gasteiger partial charge on any atom is -0.256 e. The predicted octanol–water partition coefficient (Wildman–Crippen LogP) is 7.17. The molecule has 2 aromatic carbocycles. The van der Waals surface area contributed by atoms with E-state index in [1.54, 1.807) is 0 Å². The van der Waals surface area contributed by atoms with Crippen LogP contribution in [0.15, 0.2) is 48.7 Å². The van der Waals surface area contributed by atoms with Gasteiger partial charge in [0.1, 0.15) is 0 Å². The van der Waals surface area contributed by atoms with E-state index in [4.69, 9.17) is 4.98 Å². The number of aromatic nitrogens is 1. The van der Waals surface area contributed by atoms with E-state index in [-0.39, 0.29) is 5.41 Å². The lowest BCUT2D eigenvalue weighted by Gasteiger charge is -2.21. The Morgan fingerprint density at radius 3 is 2.38 bits per heavy atom. The Morgan fingerprint density at radius 1 is 0.885 bits per heavy atom. The molecule has 0 atom stereocenters. The van der Waals surface area contributed by atoms with Gasteiger partial charge < -0.3 is 0 Å². The van der Waals surface area contributed by atoms with Crippen LogP contribution in [-0.4, -0.2) is 4.98 Å². The van der Waals surface area contributed by atoms with Crippen LogP contribution in [0.5, 0.6) is 0 Å². The number of aryl methyl sites for hydroxylation is 1. The van der Waals surface area contributed by atoms with Gasteiger partial charge in [0.2, 0.25) is 0 Å². The van der Waals surface area contributed by atoms with Crippen LogP contribution in [0, 0.1) is 6.92 Å². The van der Waals surface area contributed by atoms with Gasteiger partial charge in [-0.2, -0.15) is 0 Å². The van der Waals surface area contributed by atoms with Gasteiger partial charge in [-0.25, -0.2) is 0 Å². The summed E-state index contributed by atoms with van der Waals surface area (Å²) >= 11 is 0. The van der Waals surface area contributed by atoms with Crippen LogP contribution >= 0.6 is 0 Å². The number of fused-ring (bicyclic) bond motifs is 1. The molecule has 1 aliphatic rings. The van der Waals surface area contributed by atoms with Gasteiger partial charge in [-0.1, -0.05) is 57.4 Å². The van der Waals surface area contributed by atoms with Crippen LogP contribution in [0.3, 0.4) is 0 Å². The predicted molar refractivity (Wildman–Crippen MR) is 112 cm³/mol. The van der Waals surface area contributed by atoms with Gasteiger partial charge in [0.05, 0.1) is 5.69 Å². The van der Waals surface area contributed by atoms with Gasteiger partial charge >= 0.3 is 0 Å². The highest BCUT2D eigenvalue weighted by Crippen LogP contribution is 2.36. The monoisotopic (exact) mass is 343 g/mol. The summed E-state index contributed by atoms with van der Waals surface area (Å²) in [4.78, 5) is 4.81. The lowest BCUT2D eigenvalue weighted by Crippen LogP contribution is -2.11. The Balaban J connectivity index is 1.74. The van der Waals surface area contributed by atoms with Gasteiger partial charge in [0.15, 0.2) is 0 Å². The molecule has 0 spiro atoms. The number of nitrogens with zero attached hydrogens (tertiary/aromatic N) is 1. The van der Waals surface area contributed by atoms with Crippen LogP contribution in [0.4, 0.5) is 0 Å². The number of hydrogen-bond donors (Lipinski definition) is 0. The third-order valence-electron chi connectivity index (χ3n) is 5.81. The van der Waals surface area contributed by atoms with E-state index < -0.39 is 0 Å². The smallest absolute Gasteiger partial charge is 0.0708 e. The second-order valence-electron chi connectivity index (χ2n) is 9.00. The highest BCUT2D eigenvalue weighted by molar-refractivity contribution is 5.86. The summed E-state index contributed by atoms with van der Waals surface area (Å²) in [5.74, 6) is 0.755. The third kappa shape index (κ3) is 3.40. The normalized spacial score (nSPS) is 15.7. The Labute approximate surface area is 157 Å². The lowest BCUT2D eigenvalue weighted by atomic mass is 9.84. The highest BCUT2D eigenvalue weighted by atomic mass is 14.7. The van der Waals surface area contributed by atoms with Crippen LogP contribution in [0.25, 0.3) is 22.0 Å². The summed E-state index contributed by atoms with van der Waals surface area (Å²) in [6.45, 7) is 8.98. The molecule has 0 amide bonds. The maximum Gasteiger partial charge on any atom is 0.0708 e. The first kappa shape index (κ1) is 17.3. The van der Waals surface area contributed by atoms with E-state index in [0.29, 0.717) is 0 Å². The molecule has 0 N–H and O–H groups in total. The fourth-order valence-electron chi connectivity index (χ4n) is 4.20. The first-order chi connectivity index (χ1) is 12.4. The topological polar surface area (TPSA) is 12.9 Å². The van der Waals surface area contributed by atoms with E-state index in [0.717, 1.165) is 11.6 Å². The van der Waals surface area contributed by atoms with Crippen molar-refractivity contribution in [3.05, 3.63) is 65.4 Å². The number of benzene rings is 2. The second-order valence-corrected chi connectivity index (χ2v) is 9.00. The van der Waals surface area contributed by atoms with Crippen molar-refractivity contribution >= 4 is 10.8 Å². The van der Waals surface area contributed by atoms with E-state index in [1.807, 2.05) is 0 Å². The van der Waals surface area contributed by atoms with Crippen molar-refractivity contribution < 1.29 is 0 Å². The number of rotatable bonds is 2. The van der Waals surface area contributed by atoms with E-state index in [9.17, 15) is 0 Å². The molecule has 1 heterocycles. The average Bonchev–Trinajstić information content (AvgIpc) is 3.14. The van der Waals surface area contributed by atoms with Gasteiger partial charge in [0.25, 0.3) is 0 Å². The summed E-state index contributed by atoms with van der Waals surface area (Å²) in [6.07, 6.45) is 7.50. The Bertz CT molecular complexity index is 940. The van der Waals surface area contributed by atoms with E-state index in [1.165, 1.54) is 58.7 Å². The first-order valence-electron chi connectivity index (χ1n) is 9.92. The van der Waals surface area contributed by atoms with Crippen LogP contribution in [-0.2, 0) is 5.41 Å². The molecule has 3 aromatic rings. The average molecular weight is 344 g/mol. The lowest BCUT2D eigenvalue weighted by molar-refractivity contribution is 0.590. The molecule has 1 fully saturated rings. The maximum absolute atomic E-state index is 4.81. The molecule has 0 saturated heterocycles. The van der Waals surface area contributed by atoms with Crippen molar-refractivity contribution in [2.75, 3.05) is 0 Å². The molecule has 1 aromatic heterocycles. The first-order valence-corrected chi connectivity index (χ1v) is 9.92. The summed E-state index contributed by atoms with van der Waals surface area (Å²) in [5.41, 5.74) is 6.59. The molecule has 1 aliphatic carbocycles. The molecule has 4 rings (SSSR count). The summed E-state index contributed by atoms with van der Waals surface area (Å²) in [5, 5.41) is 2.55. The quantitative estimate of drug-likeness (QED) is 0.481. The zero-order valence-electron chi connectivity index (χ0n) is 16.5. The molecule has 0 aliphatic heterocycles. The third-order valence-corrected chi connectivity index (χ3v) is 5.81. The molecule has 1 nitrogen and oxygen atoms in total. The van der Waals surface area contributed by atoms with Crippen molar-refractivity contribution in [3.8, 4) is 11.3 Å². The molecular weight excluding hydrogens is 314 g/mol. The second kappa shape index (κ2) is 6.54. The zero-order chi connectivity index (χ0) is 18.3. The minimum atomic E-state index is 0.147. The van der Waals surface area contributed by atoms with Gasteiger partial charge in [-0.3, -0.25) is 4.98 Å². The van der Waals surface area contributed by atoms with Crippen molar-refractivity contribution in [1.29, 1.82) is 0 Å². The minimum absolute atomic E-state index is 0.147. The van der Waals surface area contributed by atoms with Crippen LogP contribution < -0.4 is 0 Å². The SMILES string of the molecule is Cc1cc(-c2cc3ccc(C4CCCC4)cc3cn2)cc(C(C)(C)C)c1.